The van der Waals surface area contributed by atoms with Crippen LogP contribution in [0.1, 0.15) is 71.5 Å². The maximum atomic E-state index is 14.6. The van der Waals surface area contributed by atoms with E-state index >= 15 is 0 Å². The van der Waals surface area contributed by atoms with E-state index in [4.69, 9.17) is 9.47 Å². The normalized spacial score (nSPS) is 28.0. The van der Waals surface area contributed by atoms with Gasteiger partial charge in [-0.3, -0.25) is 19.2 Å². The molecule has 3 aliphatic heterocycles. The Morgan fingerprint density at radius 3 is 2.51 bits per heavy atom. The minimum absolute atomic E-state index is 0.173. The van der Waals surface area contributed by atoms with Crippen molar-refractivity contribution in [3.63, 3.8) is 0 Å². The summed E-state index contributed by atoms with van der Waals surface area (Å²) >= 11 is 3.72. The molecule has 0 saturated carbocycles. The number of nitrogens with zero attached hydrogens (tertiary/aromatic N) is 2. The van der Waals surface area contributed by atoms with Crippen LogP contribution in [0.3, 0.4) is 0 Å². The maximum Gasteiger partial charge on any atom is 0.313 e. The summed E-state index contributed by atoms with van der Waals surface area (Å²) in [5.74, 6) is -3.67. The number of ether oxygens (including phenoxy) is 2. The van der Waals surface area contributed by atoms with Gasteiger partial charge < -0.3 is 29.7 Å². The van der Waals surface area contributed by atoms with Crippen LogP contribution in [0, 0.1) is 17.8 Å². The number of amides is 3. The van der Waals surface area contributed by atoms with Crippen molar-refractivity contribution in [1.82, 2.24) is 15.1 Å². The van der Waals surface area contributed by atoms with E-state index in [1.54, 1.807) is 24.0 Å². The molecule has 10 nitrogen and oxygen atoms in total. The number of allylic oxidation sites excluding steroid dienone is 1. The Bertz CT molecular complexity index is 1310. The fourth-order valence-electron chi connectivity index (χ4n) is 7.50. The molecule has 1 aromatic carbocycles. The van der Waals surface area contributed by atoms with Crippen molar-refractivity contribution >= 4 is 39.6 Å². The van der Waals surface area contributed by atoms with Gasteiger partial charge >= 0.3 is 5.97 Å². The van der Waals surface area contributed by atoms with Crippen LogP contribution in [0.4, 0.5) is 0 Å². The number of likely N-dealkylation sites (tertiary alicyclic amines) is 1. The fourth-order valence-corrected chi connectivity index (χ4v) is 8.45. The molecule has 0 aromatic heterocycles. The number of nitrogens with one attached hydrogen (secondary N) is 1. The van der Waals surface area contributed by atoms with Gasteiger partial charge in [0.05, 0.1) is 36.6 Å². The summed E-state index contributed by atoms with van der Waals surface area (Å²) in [6, 6.07) is 6.88. The molecule has 1 aromatic rings. The Kier molecular flexibility index (Phi) is 12.5. The van der Waals surface area contributed by atoms with E-state index in [0.717, 1.165) is 12.8 Å². The maximum absolute atomic E-state index is 14.6. The summed E-state index contributed by atoms with van der Waals surface area (Å²) in [6.07, 6.45) is 4.53. The van der Waals surface area contributed by atoms with Gasteiger partial charge in [-0.15, -0.1) is 13.2 Å². The quantitative estimate of drug-likeness (QED) is 0.140. The number of halogens is 1. The first-order valence-corrected chi connectivity index (χ1v) is 17.7. The lowest BCUT2D eigenvalue weighted by atomic mass is 9.70. The van der Waals surface area contributed by atoms with Crippen molar-refractivity contribution in [3.8, 4) is 0 Å². The van der Waals surface area contributed by atoms with Crippen LogP contribution in [0.15, 0.2) is 55.6 Å². The standard InChI is InChI=1S/C36H50BrN3O7/c1-7-10-17-27(42)38-23(6)30(24-15-13-12-14-16-24)46-35(45)28-29-33(43)40(26(21-41)22(4)5)32(36(29)20-25(37)31(28)47-36)34(44)39(18-9-3)19-11-8-2/h7,9,12-16,22-23,25-26,28-32,41H,1,3,8,10-11,17-21H2,2,4-6H3,(H,38,42)/t23-,25?,26-,28-,29+,30-,31-,32-,36+/m0/s1. The number of hydrogen-bond acceptors (Lipinski definition) is 7. The summed E-state index contributed by atoms with van der Waals surface area (Å²) in [6.45, 7) is 15.6. The lowest BCUT2D eigenvalue weighted by Gasteiger charge is -2.40. The Balaban J connectivity index is 1.73. The molecule has 3 aliphatic rings. The molecule has 1 unspecified atom stereocenters. The Labute approximate surface area is 287 Å². The number of aliphatic hydroxyl groups excluding tert-OH is 1. The third-order valence-electron chi connectivity index (χ3n) is 9.78. The molecule has 3 amide bonds. The summed E-state index contributed by atoms with van der Waals surface area (Å²) in [4.78, 5) is 59.0. The number of fused-ring (bicyclic) bond motifs is 1. The number of rotatable bonds is 17. The van der Waals surface area contributed by atoms with Gasteiger partial charge in [0.2, 0.25) is 17.7 Å². The second kappa shape index (κ2) is 15.9. The molecule has 3 saturated heterocycles. The molecule has 9 atom stereocenters. The van der Waals surface area contributed by atoms with Gasteiger partial charge in [-0.25, -0.2) is 0 Å². The number of hydrogen-bond donors (Lipinski definition) is 2. The number of alkyl halides is 1. The van der Waals surface area contributed by atoms with Crippen molar-refractivity contribution in [2.24, 2.45) is 17.8 Å². The van der Waals surface area contributed by atoms with E-state index in [2.05, 4.69) is 34.4 Å². The molecule has 0 aliphatic carbocycles. The van der Waals surface area contributed by atoms with Gasteiger partial charge in [0, 0.05) is 24.3 Å². The molecule has 1 spiro atoms. The second-order valence-electron chi connectivity index (χ2n) is 13.3. The SMILES string of the molecule is C=CCCC(=O)N[C@@H](C)[C@H](OC(=O)[C@@H]1[C@H]2O[C@@]3(CC2Br)[C@H](C(=O)N(CC=C)CCCC)N([C@@H](CO)C(C)C)C(=O)[C@@H]13)c1ccccc1. The van der Waals surface area contributed by atoms with Crippen LogP contribution >= 0.6 is 15.9 Å². The second-order valence-corrected chi connectivity index (χ2v) is 14.5. The van der Waals surface area contributed by atoms with Crippen LogP contribution in [0.2, 0.25) is 0 Å². The van der Waals surface area contributed by atoms with E-state index in [9.17, 15) is 24.3 Å². The molecule has 3 fully saturated rings. The molecule has 2 bridgehead atoms. The van der Waals surface area contributed by atoms with Crippen molar-refractivity contribution in [2.75, 3.05) is 19.7 Å². The Hall–Kier alpha value is -3.02. The number of carbonyl (C=O) groups excluding carboxylic acids is 4. The molecule has 47 heavy (non-hydrogen) atoms. The summed E-state index contributed by atoms with van der Waals surface area (Å²) in [5, 5.41) is 13.5. The highest BCUT2D eigenvalue weighted by molar-refractivity contribution is 9.09. The molecular weight excluding hydrogens is 666 g/mol. The zero-order chi connectivity index (χ0) is 34.5. The van der Waals surface area contributed by atoms with E-state index in [1.807, 2.05) is 51.1 Å². The number of esters is 1. The van der Waals surface area contributed by atoms with Gasteiger partial charge in [0.15, 0.2) is 0 Å². The Morgan fingerprint density at radius 2 is 1.91 bits per heavy atom. The number of benzene rings is 1. The first-order chi connectivity index (χ1) is 22.5. The van der Waals surface area contributed by atoms with E-state index in [0.29, 0.717) is 31.5 Å². The summed E-state index contributed by atoms with van der Waals surface area (Å²) < 4.78 is 12.9. The van der Waals surface area contributed by atoms with Crippen LogP contribution in [-0.4, -0.2) is 93.0 Å². The van der Waals surface area contributed by atoms with E-state index < -0.39 is 59.6 Å². The third kappa shape index (κ3) is 7.22. The molecule has 3 heterocycles. The number of carbonyl (C=O) groups is 4. The number of aliphatic hydroxyl groups is 1. The van der Waals surface area contributed by atoms with Crippen molar-refractivity contribution in [3.05, 3.63) is 61.2 Å². The third-order valence-corrected chi connectivity index (χ3v) is 10.6. The van der Waals surface area contributed by atoms with Crippen molar-refractivity contribution in [1.29, 1.82) is 0 Å². The van der Waals surface area contributed by atoms with Gasteiger partial charge in [-0.2, -0.15) is 0 Å². The van der Waals surface area contributed by atoms with Crippen molar-refractivity contribution < 1.29 is 33.8 Å². The number of unbranched alkanes of at least 4 members (excludes halogenated alkanes) is 1. The van der Waals surface area contributed by atoms with Gasteiger partial charge in [0.25, 0.3) is 0 Å². The predicted molar refractivity (Wildman–Crippen MR) is 182 cm³/mol. The minimum atomic E-state index is -1.29. The average molecular weight is 717 g/mol. The van der Waals surface area contributed by atoms with E-state index in [-0.39, 0.29) is 35.6 Å². The predicted octanol–water partition coefficient (Wildman–Crippen LogP) is 4.32. The lowest BCUT2D eigenvalue weighted by molar-refractivity contribution is -0.162. The molecule has 2 N–H and O–H groups in total. The van der Waals surface area contributed by atoms with Gasteiger partial charge in [-0.05, 0) is 37.7 Å². The zero-order valence-electron chi connectivity index (χ0n) is 28.0. The highest BCUT2D eigenvalue weighted by atomic mass is 79.9. The molecule has 4 rings (SSSR count). The zero-order valence-corrected chi connectivity index (χ0v) is 29.6. The molecule has 258 valence electrons. The van der Waals surface area contributed by atoms with Gasteiger partial charge in [0.1, 0.15) is 17.7 Å². The topological polar surface area (TPSA) is 125 Å². The summed E-state index contributed by atoms with van der Waals surface area (Å²) in [7, 11) is 0. The highest BCUT2D eigenvalue weighted by Crippen LogP contribution is 2.61. The highest BCUT2D eigenvalue weighted by Gasteiger charge is 2.77. The molecule has 0 radical (unpaired) electrons. The van der Waals surface area contributed by atoms with Crippen LogP contribution < -0.4 is 5.32 Å². The first kappa shape index (κ1) is 36.8. The smallest absolute Gasteiger partial charge is 0.313 e. The summed E-state index contributed by atoms with van der Waals surface area (Å²) in [5.41, 5.74) is -0.604. The minimum Gasteiger partial charge on any atom is -0.455 e. The Morgan fingerprint density at radius 1 is 1.21 bits per heavy atom. The first-order valence-electron chi connectivity index (χ1n) is 16.8. The molecular formula is C36H50BrN3O7. The fraction of sp³-hybridized carbons (Fsp3) is 0.611. The average Bonchev–Trinajstić information content (AvgIpc) is 3.64. The van der Waals surface area contributed by atoms with Crippen LogP contribution in [0.5, 0.6) is 0 Å². The van der Waals surface area contributed by atoms with Crippen LogP contribution in [-0.2, 0) is 28.7 Å². The van der Waals surface area contributed by atoms with Gasteiger partial charge in [-0.1, -0.05) is 85.6 Å². The van der Waals surface area contributed by atoms with Crippen LogP contribution in [0.25, 0.3) is 0 Å². The lowest BCUT2D eigenvalue weighted by Crippen LogP contribution is -2.60. The molecule has 11 heteroatoms. The largest absolute Gasteiger partial charge is 0.455 e. The van der Waals surface area contributed by atoms with E-state index in [1.165, 1.54) is 4.90 Å². The van der Waals surface area contributed by atoms with Crippen molar-refractivity contribution in [2.45, 2.75) is 101 Å². The monoisotopic (exact) mass is 715 g/mol.